The Bertz CT molecular complexity index is 1040. The zero-order chi connectivity index (χ0) is 21.9. The molecule has 0 aromatic carbocycles. The molecule has 3 heterocycles. The molecule has 1 amide bonds. The zero-order valence-electron chi connectivity index (χ0n) is 17.0. The molecular weight excluding hydrogens is 394 g/mol. The topological polar surface area (TPSA) is 88.8 Å². The number of alkyl halides is 2. The Morgan fingerprint density at radius 3 is 2.80 bits per heavy atom. The summed E-state index contributed by atoms with van der Waals surface area (Å²) < 4.78 is 33.8. The van der Waals surface area contributed by atoms with Crippen LogP contribution in [0.2, 0.25) is 0 Å². The summed E-state index contributed by atoms with van der Waals surface area (Å²) in [5, 5.41) is 12.5. The van der Waals surface area contributed by atoms with E-state index in [0.717, 1.165) is 5.69 Å². The first kappa shape index (κ1) is 21.6. The molecule has 0 fully saturated rings. The van der Waals surface area contributed by atoms with Gasteiger partial charge >= 0.3 is 0 Å². The maximum Gasteiger partial charge on any atom is 0.274 e. The molecule has 3 aromatic rings. The van der Waals surface area contributed by atoms with E-state index in [-0.39, 0.29) is 5.69 Å². The van der Waals surface area contributed by atoms with Crippen molar-refractivity contribution in [1.82, 2.24) is 14.4 Å². The van der Waals surface area contributed by atoms with Crippen LogP contribution in [0.5, 0.6) is 5.75 Å². The Morgan fingerprint density at radius 2 is 2.13 bits per heavy atom. The number of fused-ring (bicyclic) bond motifs is 1. The molecule has 7 nitrogen and oxygen atoms in total. The van der Waals surface area contributed by atoms with Crippen LogP contribution < -0.4 is 10.1 Å². The predicted octanol–water partition coefficient (Wildman–Crippen LogP) is 4.02. The van der Waals surface area contributed by atoms with Crippen molar-refractivity contribution in [1.29, 1.82) is 0 Å². The smallest absolute Gasteiger partial charge is 0.274 e. The third kappa shape index (κ3) is 5.10. The van der Waals surface area contributed by atoms with Crippen molar-refractivity contribution in [3.8, 4) is 5.75 Å². The molecule has 0 saturated heterocycles. The third-order valence-corrected chi connectivity index (χ3v) is 4.43. The van der Waals surface area contributed by atoms with E-state index in [2.05, 4.69) is 15.3 Å². The summed E-state index contributed by atoms with van der Waals surface area (Å²) in [5.74, 6) is -0.388. The second-order valence-electron chi connectivity index (χ2n) is 7.49. The molecule has 30 heavy (non-hydrogen) atoms. The maximum absolute atomic E-state index is 13.2. The van der Waals surface area contributed by atoms with Gasteiger partial charge in [-0.15, -0.1) is 0 Å². The van der Waals surface area contributed by atoms with E-state index in [1.807, 2.05) is 0 Å². The number of carbonyl (C=O) groups excluding carboxylic acids is 1. The van der Waals surface area contributed by atoms with Crippen LogP contribution in [0.4, 0.5) is 14.5 Å². The highest BCUT2D eigenvalue weighted by molar-refractivity contribution is 6.04. The van der Waals surface area contributed by atoms with E-state index in [0.29, 0.717) is 36.5 Å². The van der Waals surface area contributed by atoms with Gasteiger partial charge in [-0.1, -0.05) is 0 Å². The molecule has 3 rings (SSSR count). The van der Waals surface area contributed by atoms with Crippen LogP contribution in [0, 0.1) is 0 Å². The standard InChI is InChI=1S/C21H24F2N4O3/c1-4-30-16-10-17-25-13(7-8-21(2,3)29)11-27(17)12-15(16)26-20(28)18-14(19(22)23)6-5-9-24-18/h5-6,9-12,19,29H,4,7-8H2,1-3H3,(H,26,28). The zero-order valence-corrected chi connectivity index (χ0v) is 17.0. The van der Waals surface area contributed by atoms with Crippen molar-refractivity contribution in [3.63, 3.8) is 0 Å². The summed E-state index contributed by atoms with van der Waals surface area (Å²) in [4.78, 5) is 21.0. The average Bonchev–Trinajstić information content (AvgIpc) is 3.08. The highest BCUT2D eigenvalue weighted by atomic mass is 19.3. The van der Waals surface area contributed by atoms with Crippen molar-refractivity contribution in [2.75, 3.05) is 11.9 Å². The van der Waals surface area contributed by atoms with Crippen LogP contribution in [0.25, 0.3) is 5.65 Å². The number of amides is 1. The average molecular weight is 418 g/mol. The van der Waals surface area contributed by atoms with Crippen LogP contribution in [0.15, 0.2) is 36.8 Å². The molecule has 0 radical (unpaired) electrons. The Morgan fingerprint density at radius 1 is 1.37 bits per heavy atom. The number of ether oxygens (including phenoxy) is 1. The Hall–Kier alpha value is -3.07. The molecule has 0 aliphatic rings. The minimum Gasteiger partial charge on any atom is -0.491 e. The second-order valence-corrected chi connectivity index (χ2v) is 7.49. The van der Waals surface area contributed by atoms with Gasteiger partial charge in [0.05, 0.1) is 17.9 Å². The molecule has 2 N–H and O–H groups in total. The number of nitrogens with zero attached hydrogens (tertiary/aromatic N) is 3. The first-order valence-electron chi connectivity index (χ1n) is 9.59. The third-order valence-electron chi connectivity index (χ3n) is 4.43. The number of aliphatic hydroxyl groups is 1. The molecule has 0 unspecified atom stereocenters. The number of anilines is 1. The number of halogens is 2. The number of aromatic nitrogens is 3. The van der Waals surface area contributed by atoms with Crippen molar-refractivity contribution in [3.05, 3.63) is 53.7 Å². The van der Waals surface area contributed by atoms with Crippen LogP contribution in [-0.4, -0.2) is 37.6 Å². The van der Waals surface area contributed by atoms with Gasteiger partial charge in [0.25, 0.3) is 12.3 Å². The number of carbonyl (C=O) groups is 1. The van der Waals surface area contributed by atoms with E-state index in [4.69, 9.17) is 4.74 Å². The SMILES string of the molecule is CCOc1cc2nc(CCC(C)(C)O)cn2cc1NC(=O)c1ncccc1C(F)F. The normalized spacial score (nSPS) is 11.8. The highest BCUT2D eigenvalue weighted by Gasteiger charge is 2.21. The number of imidazole rings is 1. The molecule has 3 aromatic heterocycles. The van der Waals surface area contributed by atoms with E-state index < -0.39 is 23.5 Å². The van der Waals surface area contributed by atoms with Gasteiger partial charge in [0.2, 0.25) is 0 Å². The summed E-state index contributed by atoms with van der Waals surface area (Å²) in [5.41, 5.74) is 0.0982. The number of hydrogen-bond donors (Lipinski definition) is 2. The lowest BCUT2D eigenvalue weighted by Crippen LogP contribution is -2.19. The fourth-order valence-electron chi connectivity index (χ4n) is 2.96. The number of rotatable bonds is 8. The number of nitrogens with one attached hydrogen (secondary N) is 1. The van der Waals surface area contributed by atoms with Gasteiger partial charge in [-0.25, -0.2) is 13.8 Å². The Labute approximate surface area is 172 Å². The summed E-state index contributed by atoms with van der Waals surface area (Å²) in [6.07, 6.45) is 2.98. The fourth-order valence-corrected chi connectivity index (χ4v) is 2.96. The molecular formula is C21H24F2N4O3. The van der Waals surface area contributed by atoms with Crippen molar-refractivity contribution < 1.29 is 23.4 Å². The van der Waals surface area contributed by atoms with Gasteiger partial charge in [0.1, 0.15) is 22.8 Å². The van der Waals surface area contributed by atoms with Crippen molar-refractivity contribution in [2.45, 2.75) is 45.6 Å². The van der Waals surface area contributed by atoms with Crippen LogP contribution in [0.1, 0.15) is 55.4 Å². The minimum absolute atomic E-state index is 0.312. The summed E-state index contributed by atoms with van der Waals surface area (Å²) in [6.45, 7) is 5.60. The lowest BCUT2D eigenvalue weighted by atomic mass is 10.0. The molecule has 0 aliphatic heterocycles. The fraction of sp³-hybridized carbons (Fsp3) is 0.381. The maximum atomic E-state index is 13.2. The van der Waals surface area contributed by atoms with E-state index in [1.54, 1.807) is 43.6 Å². The van der Waals surface area contributed by atoms with Gasteiger partial charge in [-0.2, -0.15) is 0 Å². The van der Waals surface area contributed by atoms with E-state index in [9.17, 15) is 18.7 Å². The predicted molar refractivity (Wildman–Crippen MR) is 108 cm³/mol. The Kier molecular flexibility index (Phi) is 6.31. The molecule has 160 valence electrons. The number of aryl methyl sites for hydroxylation is 1. The number of pyridine rings is 2. The highest BCUT2D eigenvalue weighted by Crippen LogP contribution is 2.28. The second kappa shape index (κ2) is 8.74. The van der Waals surface area contributed by atoms with Crippen LogP contribution in [0.3, 0.4) is 0 Å². The minimum atomic E-state index is -2.82. The van der Waals surface area contributed by atoms with Crippen LogP contribution >= 0.6 is 0 Å². The van der Waals surface area contributed by atoms with E-state index >= 15 is 0 Å². The Balaban J connectivity index is 1.92. The number of hydrogen-bond acceptors (Lipinski definition) is 5. The summed E-state index contributed by atoms with van der Waals surface area (Å²) in [6, 6.07) is 4.19. The molecule has 0 aliphatic carbocycles. The lowest BCUT2D eigenvalue weighted by molar-refractivity contribution is 0.0711. The van der Waals surface area contributed by atoms with Gasteiger partial charge in [0.15, 0.2) is 0 Å². The van der Waals surface area contributed by atoms with Gasteiger partial charge < -0.3 is 19.6 Å². The van der Waals surface area contributed by atoms with Gasteiger partial charge in [-0.05, 0) is 45.7 Å². The van der Waals surface area contributed by atoms with Crippen LogP contribution in [-0.2, 0) is 6.42 Å². The first-order chi connectivity index (χ1) is 14.2. The molecule has 0 spiro atoms. The molecule has 9 heteroatoms. The molecule has 0 bridgehead atoms. The quantitative estimate of drug-likeness (QED) is 0.577. The summed E-state index contributed by atoms with van der Waals surface area (Å²) in [7, 11) is 0. The summed E-state index contributed by atoms with van der Waals surface area (Å²) >= 11 is 0. The van der Waals surface area contributed by atoms with Crippen molar-refractivity contribution >= 4 is 17.2 Å². The van der Waals surface area contributed by atoms with Gasteiger partial charge in [-0.3, -0.25) is 9.78 Å². The van der Waals surface area contributed by atoms with Crippen molar-refractivity contribution in [2.24, 2.45) is 0 Å². The first-order valence-corrected chi connectivity index (χ1v) is 9.59. The molecule has 0 atom stereocenters. The van der Waals surface area contributed by atoms with Gasteiger partial charge in [0, 0.05) is 30.2 Å². The largest absolute Gasteiger partial charge is 0.491 e. The molecule has 0 saturated carbocycles. The van der Waals surface area contributed by atoms with E-state index in [1.165, 1.54) is 18.3 Å². The monoisotopic (exact) mass is 418 g/mol. The lowest BCUT2D eigenvalue weighted by Gasteiger charge is -2.15.